The molecule has 0 aliphatic carbocycles. The predicted octanol–water partition coefficient (Wildman–Crippen LogP) is 4.98. The number of rotatable bonds is 4. The summed E-state index contributed by atoms with van der Waals surface area (Å²) in [5.74, 6) is 0. The molecule has 150 valence electrons. The lowest BCUT2D eigenvalue weighted by molar-refractivity contribution is 0.559. The van der Waals surface area contributed by atoms with Crippen LogP contribution in [-0.4, -0.2) is 14.1 Å². The Balaban J connectivity index is 1.97. The van der Waals surface area contributed by atoms with E-state index in [1.54, 1.807) is 66.7 Å². The zero-order valence-corrected chi connectivity index (χ0v) is 17.4. The molecule has 0 amide bonds. The normalized spacial score (nSPS) is 12.3. The minimum absolute atomic E-state index is 0.00630. The van der Waals surface area contributed by atoms with Crippen molar-refractivity contribution in [2.45, 2.75) is 11.8 Å². The van der Waals surface area contributed by atoms with Gasteiger partial charge in [0.25, 0.3) is 10.0 Å². The first-order chi connectivity index (χ1) is 14.3. The molecule has 4 aromatic rings. The van der Waals surface area contributed by atoms with Crippen LogP contribution >= 0.6 is 11.6 Å². The second kappa shape index (κ2) is 7.89. The van der Waals surface area contributed by atoms with Crippen molar-refractivity contribution in [3.63, 3.8) is 0 Å². The Morgan fingerprint density at radius 1 is 0.933 bits per heavy atom. The van der Waals surface area contributed by atoms with Gasteiger partial charge >= 0.3 is 5.63 Å². The molecule has 1 heterocycles. The van der Waals surface area contributed by atoms with Gasteiger partial charge in [-0.05, 0) is 43.3 Å². The van der Waals surface area contributed by atoms with E-state index in [9.17, 15) is 13.2 Å². The van der Waals surface area contributed by atoms with E-state index in [2.05, 4.69) is 4.40 Å². The minimum Gasteiger partial charge on any atom is -0.422 e. The van der Waals surface area contributed by atoms with Crippen LogP contribution < -0.4 is 5.63 Å². The molecular weight excluding hydrogens is 422 g/mol. The summed E-state index contributed by atoms with van der Waals surface area (Å²) in [6, 6.07) is 21.4. The third kappa shape index (κ3) is 4.06. The molecule has 3 aromatic carbocycles. The fourth-order valence-corrected chi connectivity index (χ4v) is 4.21. The van der Waals surface area contributed by atoms with E-state index in [4.69, 9.17) is 16.0 Å². The molecule has 0 aliphatic rings. The minimum atomic E-state index is -4.07. The Morgan fingerprint density at radius 2 is 1.63 bits per heavy atom. The van der Waals surface area contributed by atoms with E-state index in [-0.39, 0.29) is 16.2 Å². The molecule has 0 bridgehead atoms. The van der Waals surface area contributed by atoms with Crippen LogP contribution in [0.4, 0.5) is 0 Å². The van der Waals surface area contributed by atoms with Gasteiger partial charge in [-0.15, -0.1) is 0 Å². The molecule has 0 spiro atoms. The Labute approximate surface area is 178 Å². The van der Waals surface area contributed by atoms with Crippen LogP contribution in [0.3, 0.4) is 0 Å². The second-order valence-electron chi connectivity index (χ2n) is 6.72. The topological polar surface area (TPSA) is 76.7 Å². The van der Waals surface area contributed by atoms with Crippen molar-refractivity contribution >= 4 is 38.3 Å². The Kier molecular flexibility index (Phi) is 5.28. The van der Waals surface area contributed by atoms with Crippen LogP contribution in [0.1, 0.15) is 16.7 Å². The molecule has 0 radical (unpaired) electrons. The molecule has 0 saturated carbocycles. The van der Waals surface area contributed by atoms with E-state index < -0.39 is 15.6 Å². The number of benzene rings is 3. The van der Waals surface area contributed by atoms with Gasteiger partial charge in [-0.3, -0.25) is 0 Å². The van der Waals surface area contributed by atoms with Gasteiger partial charge in [0.15, 0.2) is 0 Å². The average molecular weight is 438 g/mol. The number of hydrogen-bond acceptors (Lipinski definition) is 4. The predicted molar refractivity (Wildman–Crippen MR) is 118 cm³/mol. The summed E-state index contributed by atoms with van der Waals surface area (Å²) in [5, 5.41) is 1.03. The number of sulfonamides is 1. The Hall–Kier alpha value is -3.22. The molecule has 1 aromatic heterocycles. The van der Waals surface area contributed by atoms with Crippen molar-refractivity contribution < 1.29 is 12.8 Å². The molecule has 0 atom stereocenters. The van der Waals surface area contributed by atoms with E-state index >= 15 is 0 Å². The lowest BCUT2D eigenvalue weighted by atomic mass is 10.0. The fraction of sp³-hybridized carbons (Fsp3) is 0.0435. The van der Waals surface area contributed by atoms with E-state index in [1.165, 1.54) is 12.1 Å². The molecule has 0 aliphatic heterocycles. The van der Waals surface area contributed by atoms with Crippen molar-refractivity contribution in [2.75, 3.05) is 0 Å². The fourth-order valence-electron chi connectivity index (χ4n) is 3.00. The standard InChI is InChI=1S/C23H16ClNO4S/c1-15-7-10-19(11-8-15)30(27,28)25-22(16-5-3-2-4-6-16)20-14-17-13-18(24)9-12-21(17)29-23(20)26/h2-14H,1H3/b25-22+. The highest BCUT2D eigenvalue weighted by atomic mass is 35.5. The first-order valence-electron chi connectivity index (χ1n) is 9.04. The largest absolute Gasteiger partial charge is 0.422 e. The zero-order chi connectivity index (χ0) is 21.3. The molecule has 7 heteroatoms. The molecule has 30 heavy (non-hydrogen) atoms. The smallest absolute Gasteiger partial charge is 0.345 e. The number of halogens is 1. The monoisotopic (exact) mass is 437 g/mol. The maximum Gasteiger partial charge on any atom is 0.345 e. The number of nitrogens with zero attached hydrogens (tertiary/aromatic N) is 1. The average Bonchev–Trinajstić information content (AvgIpc) is 2.73. The van der Waals surface area contributed by atoms with Crippen LogP contribution in [-0.2, 0) is 10.0 Å². The number of hydrogen-bond donors (Lipinski definition) is 0. The van der Waals surface area contributed by atoms with Gasteiger partial charge in [0.05, 0.1) is 16.2 Å². The van der Waals surface area contributed by atoms with Crippen molar-refractivity contribution in [2.24, 2.45) is 4.40 Å². The molecule has 0 N–H and O–H groups in total. The van der Waals surface area contributed by atoms with Crippen molar-refractivity contribution in [3.8, 4) is 0 Å². The van der Waals surface area contributed by atoms with Gasteiger partial charge in [0, 0.05) is 16.0 Å². The van der Waals surface area contributed by atoms with Crippen LogP contribution in [0.5, 0.6) is 0 Å². The van der Waals surface area contributed by atoms with Crippen LogP contribution in [0.15, 0.2) is 97.4 Å². The van der Waals surface area contributed by atoms with Crippen molar-refractivity contribution in [1.82, 2.24) is 0 Å². The van der Waals surface area contributed by atoms with Gasteiger partial charge < -0.3 is 4.42 Å². The first-order valence-corrected chi connectivity index (χ1v) is 10.9. The van der Waals surface area contributed by atoms with Crippen LogP contribution in [0.2, 0.25) is 5.02 Å². The summed E-state index contributed by atoms with van der Waals surface area (Å²) in [6.07, 6.45) is 0. The lowest BCUT2D eigenvalue weighted by Gasteiger charge is -2.08. The second-order valence-corrected chi connectivity index (χ2v) is 8.76. The van der Waals surface area contributed by atoms with Gasteiger partial charge in [-0.2, -0.15) is 12.8 Å². The summed E-state index contributed by atoms with van der Waals surface area (Å²) in [6.45, 7) is 1.86. The molecular formula is C23H16ClNO4S. The lowest BCUT2D eigenvalue weighted by Crippen LogP contribution is -2.17. The number of aryl methyl sites for hydroxylation is 1. The maximum atomic E-state index is 13.0. The highest BCUT2D eigenvalue weighted by Crippen LogP contribution is 2.22. The zero-order valence-electron chi connectivity index (χ0n) is 15.9. The summed E-state index contributed by atoms with van der Waals surface area (Å²) in [7, 11) is -4.07. The SMILES string of the molecule is Cc1ccc(S(=O)(=O)/N=C(\c2ccccc2)c2cc3cc(Cl)ccc3oc2=O)cc1. The van der Waals surface area contributed by atoms with E-state index in [0.29, 0.717) is 21.6 Å². The molecule has 0 fully saturated rings. The molecule has 4 rings (SSSR count). The molecule has 0 saturated heterocycles. The third-order valence-electron chi connectivity index (χ3n) is 4.53. The maximum absolute atomic E-state index is 13.0. The highest BCUT2D eigenvalue weighted by Gasteiger charge is 2.20. The quantitative estimate of drug-likeness (QED) is 0.333. The van der Waals surface area contributed by atoms with E-state index in [1.807, 2.05) is 6.92 Å². The first kappa shape index (κ1) is 20.1. The summed E-state index contributed by atoms with van der Waals surface area (Å²) >= 11 is 6.06. The summed E-state index contributed by atoms with van der Waals surface area (Å²) < 4.78 is 35.4. The molecule has 5 nitrogen and oxygen atoms in total. The van der Waals surface area contributed by atoms with Gasteiger partial charge in [-0.1, -0.05) is 59.6 Å². The highest BCUT2D eigenvalue weighted by molar-refractivity contribution is 7.90. The van der Waals surface area contributed by atoms with E-state index in [0.717, 1.165) is 5.56 Å². The Bertz CT molecular complexity index is 1420. The summed E-state index contributed by atoms with van der Waals surface area (Å²) in [4.78, 5) is 12.8. The van der Waals surface area contributed by atoms with Crippen molar-refractivity contribution in [1.29, 1.82) is 0 Å². The third-order valence-corrected chi connectivity index (χ3v) is 6.05. The van der Waals surface area contributed by atoms with Gasteiger partial charge in [0.2, 0.25) is 0 Å². The number of fused-ring (bicyclic) bond motifs is 1. The molecule has 0 unspecified atom stereocenters. The van der Waals surface area contributed by atoms with Crippen LogP contribution in [0.25, 0.3) is 11.0 Å². The van der Waals surface area contributed by atoms with Gasteiger partial charge in [0.1, 0.15) is 5.58 Å². The Morgan fingerprint density at radius 3 is 2.33 bits per heavy atom. The van der Waals surface area contributed by atoms with Gasteiger partial charge in [-0.25, -0.2) is 4.79 Å². The van der Waals surface area contributed by atoms with Crippen molar-refractivity contribution in [3.05, 3.63) is 111 Å². The summed E-state index contributed by atoms with van der Waals surface area (Å²) in [5.41, 5.74) is 1.10. The van der Waals surface area contributed by atoms with Crippen LogP contribution in [0, 0.1) is 6.92 Å².